The molecule has 0 aromatic rings. The zero-order valence-electron chi connectivity index (χ0n) is 6.87. The Labute approximate surface area is 64.9 Å². The van der Waals surface area contributed by atoms with Crippen molar-refractivity contribution >= 4 is 5.71 Å². The second kappa shape index (κ2) is 3.32. The van der Waals surface area contributed by atoms with Crippen molar-refractivity contribution in [1.29, 1.82) is 0 Å². The van der Waals surface area contributed by atoms with Crippen LogP contribution in [0.4, 0.5) is 0 Å². The summed E-state index contributed by atoms with van der Waals surface area (Å²) < 4.78 is 0. The normalized spacial score (nSPS) is 13.2. The molecule has 0 fully saturated rings. The van der Waals surface area contributed by atoms with Gasteiger partial charge in [-0.05, 0) is 6.92 Å². The highest BCUT2D eigenvalue weighted by Gasteiger charge is 2.31. The zero-order valence-corrected chi connectivity index (χ0v) is 6.87. The van der Waals surface area contributed by atoms with Gasteiger partial charge < -0.3 is 5.21 Å². The van der Waals surface area contributed by atoms with Crippen molar-refractivity contribution in [3.8, 4) is 0 Å². The van der Waals surface area contributed by atoms with Crippen molar-refractivity contribution in [2.24, 2.45) is 5.16 Å². The average molecular weight is 160 g/mol. The van der Waals surface area contributed by atoms with E-state index in [0.29, 0.717) is 5.71 Å². The molecule has 0 atom stereocenters. The molecule has 0 aliphatic rings. The highest BCUT2D eigenvalue weighted by Crippen LogP contribution is 2.13. The number of oxime groups is 1. The van der Waals surface area contributed by atoms with Crippen LogP contribution in [0.15, 0.2) is 5.16 Å². The van der Waals surface area contributed by atoms with Gasteiger partial charge in [0.1, 0.15) is 0 Å². The van der Waals surface area contributed by atoms with E-state index in [9.17, 15) is 10.1 Å². The van der Waals surface area contributed by atoms with Crippen molar-refractivity contribution in [3.63, 3.8) is 0 Å². The van der Waals surface area contributed by atoms with E-state index in [-0.39, 0.29) is 11.3 Å². The van der Waals surface area contributed by atoms with Crippen LogP contribution in [0.3, 0.4) is 0 Å². The van der Waals surface area contributed by atoms with Gasteiger partial charge in [0, 0.05) is 18.8 Å². The fourth-order valence-corrected chi connectivity index (χ4v) is 0.726. The molecule has 0 rings (SSSR count). The summed E-state index contributed by atoms with van der Waals surface area (Å²) in [5.41, 5.74) is -0.678. The minimum absolute atomic E-state index is 0.163. The van der Waals surface area contributed by atoms with Gasteiger partial charge in [-0.2, -0.15) is 0 Å². The molecule has 5 nitrogen and oxygen atoms in total. The van der Waals surface area contributed by atoms with Crippen molar-refractivity contribution in [2.75, 3.05) is 0 Å². The smallest absolute Gasteiger partial charge is 0.222 e. The van der Waals surface area contributed by atoms with Gasteiger partial charge in [0.2, 0.25) is 5.54 Å². The monoisotopic (exact) mass is 160 g/mol. The number of hydrogen-bond acceptors (Lipinski definition) is 4. The highest BCUT2D eigenvalue weighted by atomic mass is 16.6. The van der Waals surface area contributed by atoms with Crippen LogP contribution in [-0.2, 0) is 0 Å². The van der Waals surface area contributed by atoms with Crippen LogP contribution in [-0.4, -0.2) is 21.4 Å². The molecule has 0 saturated heterocycles. The Kier molecular flexibility index (Phi) is 2.98. The topological polar surface area (TPSA) is 75.7 Å². The molecule has 0 bridgehead atoms. The number of nitro groups is 1. The fourth-order valence-electron chi connectivity index (χ4n) is 0.726. The summed E-state index contributed by atoms with van der Waals surface area (Å²) in [6, 6.07) is 0. The van der Waals surface area contributed by atoms with Crippen LogP contribution in [0.2, 0.25) is 0 Å². The molecule has 0 aliphatic carbocycles. The Morgan fingerprint density at radius 1 is 1.73 bits per heavy atom. The van der Waals surface area contributed by atoms with E-state index < -0.39 is 5.54 Å². The van der Waals surface area contributed by atoms with E-state index in [0.717, 1.165) is 0 Å². The van der Waals surface area contributed by atoms with Crippen molar-refractivity contribution in [3.05, 3.63) is 10.1 Å². The fraction of sp³-hybridized carbons (Fsp3) is 0.833. The zero-order chi connectivity index (χ0) is 9.07. The molecule has 0 aliphatic heterocycles. The number of hydrogen-bond donors (Lipinski definition) is 1. The minimum Gasteiger partial charge on any atom is -0.411 e. The second-order valence-electron chi connectivity index (χ2n) is 3.08. The average Bonchev–Trinajstić information content (AvgIpc) is 1.86. The maximum absolute atomic E-state index is 10.3. The largest absolute Gasteiger partial charge is 0.411 e. The first-order valence-electron chi connectivity index (χ1n) is 3.22. The molecule has 0 aromatic heterocycles. The molecule has 0 heterocycles. The van der Waals surface area contributed by atoms with Crippen LogP contribution < -0.4 is 0 Å². The third-order valence-electron chi connectivity index (χ3n) is 1.35. The van der Waals surface area contributed by atoms with E-state index in [1.165, 1.54) is 13.8 Å². The molecule has 0 radical (unpaired) electrons. The van der Waals surface area contributed by atoms with Gasteiger partial charge in [0.15, 0.2) is 0 Å². The molecule has 0 unspecified atom stereocenters. The van der Waals surface area contributed by atoms with E-state index in [4.69, 9.17) is 5.21 Å². The summed E-state index contributed by atoms with van der Waals surface area (Å²) in [5.74, 6) is 0. The molecule has 0 amide bonds. The summed E-state index contributed by atoms with van der Waals surface area (Å²) >= 11 is 0. The molecule has 64 valence electrons. The lowest BCUT2D eigenvalue weighted by atomic mass is 9.99. The standard InChI is InChI=1S/C6H12N2O3/c1-5(7-9)4-6(2,3)8(10)11/h9H,4H2,1-3H3/b7-5+. The van der Waals surface area contributed by atoms with E-state index in [1.54, 1.807) is 6.92 Å². The molecular weight excluding hydrogens is 148 g/mol. The summed E-state index contributed by atoms with van der Waals surface area (Å²) in [6.07, 6.45) is 0.163. The first-order valence-corrected chi connectivity index (χ1v) is 3.22. The maximum Gasteiger partial charge on any atom is 0.222 e. The van der Waals surface area contributed by atoms with Crippen molar-refractivity contribution < 1.29 is 10.1 Å². The molecule has 5 heteroatoms. The predicted molar refractivity (Wildman–Crippen MR) is 40.6 cm³/mol. The first kappa shape index (κ1) is 9.87. The van der Waals surface area contributed by atoms with Crippen LogP contribution in [0, 0.1) is 10.1 Å². The number of nitrogens with zero attached hydrogens (tertiary/aromatic N) is 2. The molecule has 0 spiro atoms. The van der Waals surface area contributed by atoms with Gasteiger partial charge in [-0.1, -0.05) is 5.16 Å². The van der Waals surface area contributed by atoms with E-state index >= 15 is 0 Å². The van der Waals surface area contributed by atoms with Crippen LogP contribution in [0.25, 0.3) is 0 Å². The van der Waals surface area contributed by atoms with Crippen LogP contribution in [0.1, 0.15) is 27.2 Å². The molecule has 11 heavy (non-hydrogen) atoms. The quantitative estimate of drug-likeness (QED) is 0.292. The Hall–Kier alpha value is -1.13. The van der Waals surface area contributed by atoms with Gasteiger partial charge in [0.05, 0.1) is 12.1 Å². The van der Waals surface area contributed by atoms with Crippen molar-refractivity contribution in [1.82, 2.24) is 0 Å². The summed E-state index contributed by atoms with van der Waals surface area (Å²) in [4.78, 5) is 9.95. The highest BCUT2D eigenvalue weighted by molar-refractivity contribution is 5.82. The van der Waals surface area contributed by atoms with E-state index in [1.807, 2.05) is 0 Å². The summed E-state index contributed by atoms with van der Waals surface area (Å²) in [6.45, 7) is 4.52. The molecular formula is C6H12N2O3. The molecule has 0 aromatic carbocycles. The lowest BCUT2D eigenvalue weighted by molar-refractivity contribution is -0.558. The molecule has 0 saturated carbocycles. The third kappa shape index (κ3) is 2.97. The number of rotatable bonds is 3. The lowest BCUT2D eigenvalue weighted by Gasteiger charge is -2.13. The molecule has 1 N–H and O–H groups in total. The summed E-state index contributed by atoms with van der Waals surface area (Å²) in [7, 11) is 0. The minimum atomic E-state index is -1.05. The van der Waals surface area contributed by atoms with Gasteiger partial charge >= 0.3 is 0 Å². The Bertz CT molecular complexity index is 186. The Balaban J connectivity index is 4.24. The van der Waals surface area contributed by atoms with E-state index in [2.05, 4.69) is 5.16 Å². The first-order chi connectivity index (χ1) is 4.90. The predicted octanol–water partition coefficient (Wildman–Crippen LogP) is 1.28. The van der Waals surface area contributed by atoms with Crippen molar-refractivity contribution in [2.45, 2.75) is 32.7 Å². The third-order valence-corrected chi connectivity index (χ3v) is 1.35. The van der Waals surface area contributed by atoms with Crippen LogP contribution >= 0.6 is 0 Å². The lowest BCUT2D eigenvalue weighted by Crippen LogP contribution is -2.32. The second-order valence-corrected chi connectivity index (χ2v) is 3.08. The van der Waals surface area contributed by atoms with Gasteiger partial charge in [-0.3, -0.25) is 10.1 Å². The van der Waals surface area contributed by atoms with Gasteiger partial charge in [-0.15, -0.1) is 0 Å². The Morgan fingerprint density at radius 3 is 2.45 bits per heavy atom. The van der Waals surface area contributed by atoms with Crippen LogP contribution in [0.5, 0.6) is 0 Å². The maximum atomic E-state index is 10.3. The van der Waals surface area contributed by atoms with Gasteiger partial charge in [-0.25, -0.2) is 0 Å². The SMILES string of the molecule is C/C(CC(C)(C)[N+](=O)[O-])=N\O. The van der Waals surface area contributed by atoms with Gasteiger partial charge in [0.25, 0.3) is 0 Å². The Morgan fingerprint density at radius 2 is 2.18 bits per heavy atom. The summed E-state index contributed by atoms with van der Waals surface area (Å²) in [5, 5.41) is 21.5.